The van der Waals surface area contributed by atoms with Crippen LogP contribution in [-0.4, -0.2) is 25.0 Å². The number of rotatable bonds is 1. The molecule has 0 fully saturated rings. The van der Waals surface area contributed by atoms with Gasteiger partial charge in [0.25, 0.3) is 0 Å². The van der Waals surface area contributed by atoms with E-state index in [2.05, 4.69) is 5.32 Å². The monoisotopic (exact) mass is 213 g/mol. The molecule has 0 bridgehead atoms. The lowest BCUT2D eigenvalue weighted by Crippen LogP contribution is -2.27. The minimum Gasteiger partial charge on any atom is -0.398 e. The largest absolute Gasteiger partial charge is 0.398 e. The van der Waals surface area contributed by atoms with Crippen molar-refractivity contribution in [2.75, 3.05) is 25.1 Å². The second-order valence-electron chi connectivity index (χ2n) is 3.06. The van der Waals surface area contributed by atoms with Gasteiger partial charge in [0, 0.05) is 19.8 Å². The first kappa shape index (κ1) is 10.7. The van der Waals surface area contributed by atoms with Gasteiger partial charge in [-0.1, -0.05) is 11.6 Å². The van der Waals surface area contributed by atoms with Crippen LogP contribution in [0.3, 0.4) is 0 Å². The first-order valence-electron chi connectivity index (χ1n) is 4.04. The molecule has 0 unspecified atom stereocenters. The van der Waals surface area contributed by atoms with Crippen molar-refractivity contribution >= 4 is 29.0 Å². The highest BCUT2D eigenvalue weighted by molar-refractivity contribution is 6.33. The lowest BCUT2D eigenvalue weighted by atomic mass is 10.3. The predicted molar refractivity (Wildman–Crippen MR) is 58.6 cm³/mol. The number of carbonyl (C=O) groups excluding carboxylic acids is 1. The topological polar surface area (TPSA) is 58.4 Å². The fourth-order valence-electron chi connectivity index (χ4n) is 0.840. The summed E-state index contributed by atoms with van der Waals surface area (Å²) < 4.78 is 0. The number of hydrogen-bond donors (Lipinski definition) is 2. The van der Waals surface area contributed by atoms with Crippen molar-refractivity contribution in [1.29, 1.82) is 0 Å². The van der Waals surface area contributed by atoms with Gasteiger partial charge in [-0.25, -0.2) is 4.79 Å². The zero-order valence-electron chi connectivity index (χ0n) is 8.04. The molecule has 4 nitrogen and oxygen atoms in total. The van der Waals surface area contributed by atoms with Crippen LogP contribution in [0.5, 0.6) is 0 Å². The van der Waals surface area contributed by atoms with E-state index in [-0.39, 0.29) is 6.03 Å². The Morgan fingerprint density at radius 3 is 2.64 bits per heavy atom. The van der Waals surface area contributed by atoms with Gasteiger partial charge in [-0.05, 0) is 18.2 Å². The van der Waals surface area contributed by atoms with Gasteiger partial charge in [-0.15, -0.1) is 0 Å². The van der Waals surface area contributed by atoms with Crippen molar-refractivity contribution in [2.45, 2.75) is 0 Å². The molecule has 1 aromatic rings. The molecule has 0 saturated carbocycles. The van der Waals surface area contributed by atoms with Crippen LogP contribution in [0.25, 0.3) is 0 Å². The lowest BCUT2D eigenvalue weighted by Gasteiger charge is -2.12. The molecule has 0 saturated heterocycles. The zero-order valence-corrected chi connectivity index (χ0v) is 8.80. The van der Waals surface area contributed by atoms with Crippen molar-refractivity contribution in [3.8, 4) is 0 Å². The number of benzene rings is 1. The van der Waals surface area contributed by atoms with Gasteiger partial charge in [0.1, 0.15) is 0 Å². The number of nitrogens with two attached hydrogens (primary N) is 1. The number of hydrogen-bond acceptors (Lipinski definition) is 2. The molecule has 0 heterocycles. The Balaban J connectivity index is 2.78. The van der Waals surface area contributed by atoms with Gasteiger partial charge in [-0.2, -0.15) is 0 Å². The third kappa shape index (κ3) is 2.53. The van der Waals surface area contributed by atoms with Crippen LogP contribution < -0.4 is 11.1 Å². The molecule has 0 aromatic heterocycles. The fourth-order valence-corrected chi connectivity index (χ4v) is 1.02. The molecule has 14 heavy (non-hydrogen) atoms. The number of urea groups is 1. The highest BCUT2D eigenvalue weighted by Crippen LogP contribution is 2.22. The maximum atomic E-state index is 11.2. The van der Waals surface area contributed by atoms with E-state index in [1.165, 1.54) is 4.90 Å². The maximum Gasteiger partial charge on any atom is 0.321 e. The maximum absolute atomic E-state index is 11.2. The van der Waals surface area contributed by atoms with Gasteiger partial charge in [-0.3, -0.25) is 0 Å². The zero-order chi connectivity index (χ0) is 10.7. The Hall–Kier alpha value is -1.42. The van der Waals surface area contributed by atoms with E-state index in [9.17, 15) is 4.79 Å². The molecular formula is C9H12ClN3O. The third-order valence-electron chi connectivity index (χ3n) is 1.66. The van der Waals surface area contributed by atoms with Gasteiger partial charge in [0.15, 0.2) is 0 Å². The Morgan fingerprint density at radius 1 is 1.50 bits per heavy atom. The molecule has 5 heteroatoms. The van der Waals surface area contributed by atoms with Crippen molar-refractivity contribution in [3.05, 3.63) is 23.2 Å². The number of nitrogen functional groups attached to an aromatic ring is 1. The van der Waals surface area contributed by atoms with Crippen LogP contribution in [0.15, 0.2) is 18.2 Å². The molecular weight excluding hydrogens is 202 g/mol. The van der Waals surface area contributed by atoms with Crippen LogP contribution in [0, 0.1) is 0 Å². The molecule has 2 amide bonds. The van der Waals surface area contributed by atoms with Gasteiger partial charge >= 0.3 is 6.03 Å². The average molecular weight is 214 g/mol. The summed E-state index contributed by atoms with van der Waals surface area (Å²) in [6.07, 6.45) is 0. The number of halogens is 1. The van der Waals surface area contributed by atoms with Crippen molar-refractivity contribution in [2.24, 2.45) is 0 Å². The summed E-state index contributed by atoms with van der Waals surface area (Å²) in [4.78, 5) is 12.7. The molecule has 0 aliphatic heterocycles. The molecule has 0 aliphatic carbocycles. The van der Waals surface area contributed by atoms with Crippen molar-refractivity contribution in [1.82, 2.24) is 4.90 Å². The Kier molecular flexibility index (Phi) is 3.19. The molecule has 3 N–H and O–H groups in total. The number of carbonyl (C=O) groups is 1. The Bertz CT molecular complexity index is 352. The highest BCUT2D eigenvalue weighted by atomic mass is 35.5. The molecule has 0 aliphatic rings. The second kappa shape index (κ2) is 4.19. The third-order valence-corrected chi connectivity index (χ3v) is 1.99. The minimum atomic E-state index is -0.203. The van der Waals surface area contributed by atoms with Crippen LogP contribution in [0.2, 0.25) is 5.02 Å². The van der Waals surface area contributed by atoms with Crippen LogP contribution in [0.1, 0.15) is 0 Å². The van der Waals surface area contributed by atoms with E-state index in [1.54, 1.807) is 32.3 Å². The Labute approximate surface area is 87.6 Å². The van der Waals surface area contributed by atoms with Crippen LogP contribution in [-0.2, 0) is 0 Å². The van der Waals surface area contributed by atoms with E-state index >= 15 is 0 Å². The number of anilines is 2. The minimum absolute atomic E-state index is 0.203. The first-order chi connectivity index (χ1) is 6.50. The van der Waals surface area contributed by atoms with Crippen molar-refractivity contribution in [3.63, 3.8) is 0 Å². The smallest absolute Gasteiger partial charge is 0.321 e. The summed E-state index contributed by atoms with van der Waals surface area (Å²) in [6, 6.07) is 4.75. The predicted octanol–water partition coefficient (Wildman–Crippen LogP) is 2.02. The van der Waals surface area contributed by atoms with E-state index in [1.807, 2.05) is 0 Å². The summed E-state index contributed by atoms with van der Waals surface area (Å²) in [5.41, 5.74) is 6.65. The first-order valence-corrected chi connectivity index (χ1v) is 4.42. The summed E-state index contributed by atoms with van der Waals surface area (Å²) in [5.74, 6) is 0. The number of nitrogens with one attached hydrogen (secondary N) is 1. The molecule has 0 atom stereocenters. The Morgan fingerprint density at radius 2 is 2.14 bits per heavy atom. The standard InChI is InChI=1S/C9H12ClN3O/c1-13(2)9(14)12-6-3-4-8(11)7(10)5-6/h3-5H,11H2,1-2H3,(H,12,14). The summed E-state index contributed by atoms with van der Waals surface area (Å²) in [5, 5.41) is 3.09. The lowest BCUT2D eigenvalue weighted by molar-refractivity contribution is 0.230. The quantitative estimate of drug-likeness (QED) is 0.702. The second-order valence-corrected chi connectivity index (χ2v) is 3.47. The van der Waals surface area contributed by atoms with E-state index < -0.39 is 0 Å². The average Bonchev–Trinajstić information content (AvgIpc) is 2.11. The van der Waals surface area contributed by atoms with Gasteiger partial charge < -0.3 is 16.0 Å². The molecule has 76 valence electrons. The van der Waals surface area contributed by atoms with E-state index in [4.69, 9.17) is 17.3 Å². The van der Waals surface area contributed by atoms with Crippen LogP contribution >= 0.6 is 11.6 Å². The summed E-state index contributed by atoms with van der Waals surface area (Å²) in [7, 11) is 3.32. The summed E-state index contributed by atoms with van der Waals surface area (Å²) >= 11 is 5.79. The number of amides is 2. The molecule has 1 rings (SSSR count). The summed E-state index contributed by atoms with van der Waals surface area (Å²) in [6.45, 7) is 0. The molecule has 1 aromatic carbocycles. The molecule has 0 spiro atoms. The fraction of sp³-hybridized carbons (Fsp3) is 0.222. The van der Waals surface area contributed by atoms with Gasteiger partial charge in [0.05, 0.1) is 10.7 Å². The van der Waals surface area contributed by atoms with E-state index in [0.29, 0.717) is 16.4 Å². The SMILES string of the molecule is CN(C)C(=O)Nc1ccc(N)c(Cl)c1. The van der Waals surface area contributed by atoms with Crippen molar-refractivity contribution < 1.29 is 4.79 Å². The van der Waals surface area contributed by atoms with Crippen LogP contribution in [0.4, 0.5) is 16.2 Å². The normalized spacial score (nSPS) is 9.64. The highest BCUT2D eigenvalue weighted by Gasteiger charge is 2.04. The van der Waals surface area contributed by atoms with Gasteiger partial charge in [0.2, 0.25) is 0 Å². The molecule has 0 radical (unpaired) electrons. The van der Waals surface area contributed by atoms with E-state index in [0.717, 1.165) is 0 Å². The number of nitrogens with zero attached hydrogens (tertiary/aromatic N) is 1.